The average molecular weight is 472 g/mol. The van der Waals surface area contributed by atoms with Crippen LogP contribution in [-0.4, -0.2) is 48.9 Å². The van der Waals surface area contributed by atoms with E-state index in [2.05, 4.69) is 46.4 Å². The maximum absolute atomic E-state index is 11.4. The van der Waals surface area contributed by atoms with Gasteiger partial charge in [0.15, 0.2) is 11.5 Å². The van der Waals surface area contributed by atoms with Gasteiger partial charge in [0.1, 0.15) is 19.3 Å². The maximum Gasteiger partial charge on any atom is 0.161 e. The van der Waals surface area contributed by atoms with Crippen LogP contribution in [-0.2, 0) is 0 Å². The number of rotatable bonds is 9. The third kappa shape index (κ3) is 5.78. The van der Waals surface area contributed by atoms with Crippen LogP contribution in [0.15, 0.2) is 85.2 Å². The van der Waals surface area contributed by atoms with Crippen molar-refractivity contribution in [2.45, 2.75) is 25.0 Å². The molecular formula is C29H33N3O3. The molecule has 182 valence electrons. The smallest absolute Gasteiger partial charge is 0.161 e. The van der Waals surface area contributed by atoms with Gasteiger partial charge in [-0.1, -0.05) is 55.1 Å². The number of likely N-dealkylation sites (tertiary alicyclic amines) is 1. The first-order chi connectivity index (χ1) is 17.2. The molecule has 2 atom stereocenters. The van der Waals surface area contributed by atoms with Crippen LogP contribution < -0.4 is 20.1 Å². The molecule has 6 heteroatoms. The third-order valence-corrected chi connectivity index (χ3v) is 6.59. The highest BCUT2D eigenvalue weighted by molar-refractivity contribution is 5.66. The molecule has 3 aromatic rings. The first-order valence-corrected chi connectivity index (χ1v) is 12.3. The lowest BCUT2D eigenvalue weighted by Crippen LogP contribution is -2.44. The van der Waals surface area contributed by atoms with Crippen LogP contribution in [0, 0.1) is 0 Å². The van der Waals surface area contributed by atoms with E-state index in [-0.39, 0.29) is 6.04 Å². The highest BCUT2D eigenvalue weighted by Crippen LogP contribution is 2.33. The Morgan fingerprint density at radius 1 is 0.886 bits per heavy atom. The molecule has 1 saturated heterocycles. The summed E-state index contributed by atoms with van der Waals surface area (Å²) in [4.78, 5) is 2.39. The van der Waals surface area contributed by atoms with E-state index >= 15 is 0 Å². The Bertz CT molecular complexity index is 1130. The van der Waals surface area contributed by atoms with Gasteiger partial charge in [-0.05, 0) is 66.9 Å². The van der Waals surface area contributed by atoms with Crippen molar-refractivity contribution in [2.24, 2.45) is 0 Å². The molecule has 2 aliphatic heterocycles. The zero-order valence-electron chi connectivity index (χ0n) is 20.0. The number of anilines is 1. The Kier molecular flexibility index (Phi) is 7.21. The van der Waals surface area contributed by atoms with E-state index in [9.17, 15) is 5.11 Å². The molecule has 0 bridgehead atoms. The Balaban J connectivity index is 1.27. The van der Waals surface area contributed by atoms with Crippen LogP contribution in [0.1, 0.15) is 24.5 Å². The highest BCUT2D eigenvalue weighted by Gasteiger charge is 2.27. The summed E-state index contributed by atoms with van der Waals surface area (Å²) in [5.74, 6) is 2.06. The summed E-state index contributed by atoms with van der Waals surface area (Å²) in [6.07, 6.45) is 1.66. The number of nitrogens with one attached hydrogen (secondary N) is 2. The van der Waals surface area contributed by atoms with Crippen LogP contribution in [0.25, 0.3) is 11.1 Å². The molecule has 0 radical (unpaired) electrons. The van der Waals surface area contributed by atoms with Gasteiger partial charge in [-0.2, -0.15) is 0 Å². The van der Waals surface area contributed by atoms with E-state index in [0.717, 1.165) is 42.2 Å². The van der Waals surface area contributed by atoms with Crippen molar-refractivity contribution < 1.29 is 14.6 Å². The molecule has 0 saturated carbocycles. The van der Waals surface area contributed by atoms with Crippen molar-refractivity contribution in [3.63, 3.8) is 0 Å². The number of hydrogen-bond donors (Lipinski definition) is 3. The zero-order valence-corrected chi connectivity index (χ0v) is 20.0. The van der Waals surface area contributed by atoms with Crippen molar-refractivity contribution in [1.29, 1.82) is 0 Å². The molecule has 6 nitrogen and oxygen atoms in total. The summed E-state index contributed by atoms with van der Waals surface area (Å²) in [5, 5.41) is 18.2. The van der Waals surface area contributed by atoms with Gasteiger partial charge in [0.05, 0.1) is 11.9 Å². The number of ether oxygens (including phenoxy) is 2. The number of aliphatic hydroxyl groups is 1. The average Bonchev–Trinajstić information content (AvgIpc) is 3.42. The van der Waals surface area contributed by atoms with Gasteiger partial charge in [-0.25, -0.2) is 0 Å². The van der Waals surface area contributed by atoms with Gasteiger partial charge in [-0.15, -0.1) is 0 Å². The number of fused-ring (bicyclic) bond motifs is 1. The molecule has 2 aliphatic rings. The zero-order chi connectivity index (χ0) is 24.0. The van der Waals surface area contributed by atoms with E-state index < -0.39 is 6.10 Å². The topological polar surface area (TPSA) is 66.0 Å². The fraction of sp³-hybridized carbons (Fsp3) is 0.310. The molecule has 2 unspecified atom stereocenters. The molecule has 3 N–H and O–H groups in total. The lowest BCUT2D eigenvalue weighted by Gasteiger charge is -2.31. The first-order valence-electron chi connectivity index (χ1n) is 12.3. The van der Waals surface area contributed by atoms with Crippen LogP contribution in [0.2, 0.25) is 0 Å². The fourth-order valence-electron chi connectivity index (χ4n) is 4.75. The molecule has 0 aromatic heterocycles. The molecular weight excluding hydrogens is 438 g/mol. The van der Waals surface area contributed by atoms with Gasteiger partial charge in [0.2, 0.25) is 0 Å². The van der Waals surface area contributed by atoms with Crippen molar-refractivity contribution in [3.8, 4) is 22.6 Å². The number of benzene rings is 3. The molecule has 3 aromatic carbocycles. The van der Waals surface area contributed by atoms with Crippen molar-refractivity contribution in [2.75, 3.05) is 38.2 Å². The van der Waals surface area contributed by atoms with E-state index in [1.165, 1.54) is 18.4 Å². The van der Waals surface area contributed by atoms with Gasteiger partial charge >= 0.3 is 0 Å². The Hall–Kier alpha value is -3.48. The Morgan fingerprint density at radius 2 is 1.57 bits per heavy atom. The summed E-state index contributed by atoms with van der Waals surface area (Å²) in [6, 6.07) is 24.0. The normalized spacial score (nSPS) is 16.9. The first kappa shape index (κ1) is 23.3. The van der Waals surface area contributed by atoms with Crippen LogP contribution >= 0.6 is 0 Å². The molecule has 0 amide bonds. The second-order valence-corrected chi connectivity index (χ2v) is 9.15. The summed E-state index contributed by atoms with van der Waals surface area (Å²) >= 11 is 0. The molecule has 0 aliphatic carbocycles. The molecule has 2 heterocycles. The monoisotopic (exact) mass is 471 g/mol. The molecule has 0 spiro atoms. The summed E-state index contributed by atoms with van der Waals surface area (Å²) in [6.45, 7) is 8.08. The summed E-state index contributed by atoms with van der Waals surface area (Å²) in [7, 11) is 0. The molecule has 1 fully saturated rings. The van der Waals surface area contributed by atoms with Crippen molar-refractivity contribution in [3.05, 3.63) is 90.8 Å². The van der Waals surface area contributed by atoms with Crippen LogP contribution in [0.5, 0.6) is 11.5 Å². The minimum absolute atomic E-state index is 0.237. The second-order valence-electron chi connectivity index (χ2n) is 9.15. The minimum atomic E-state index is -0.731. The standard InChI is InChI=1S/C29H33N3O3/c1-21(30-25-12-9-23(10-13-25)22-7-3-2-4-8-22)31-26(20-32-15-5-6-16-32)29(33)24-11-14-27-28(19-24)35-18-17-34-27/h2-4,7-14,19,26,29-31,33H,1,5-6,15-18,20H2. The highest BCUT2D eigenvalue weighted by atomic mass is 16.6. The lowest BCUT2D eigenvalue weighted by atomic mass is 10.0. The van der Waals surface area contributed by atoms with E-state index in [4.69, 9.17) is 9.47 Å². The quantitative estimate of drug-likeness (QED) is 0.417. The molecule has 35 heavy (non-hydrogen) atoms. The van der Waals surface area contributed by atoms with Crippen molar-refractivity contribution in [1.82, 2.24) is 10.2 Å². The minimum Gasteiger partial charge on any atom is -0.486 e. The van der Waals surface area contributed by atoms with Crippen LogP contribution in [0.4, 0.5) is 5.69 Å². The number of hydrogen-bond acceptors (Lipinski definition) is 6. The predicted octanol–water partition coefficient (Wildman–Crippen LogP) is 4.80. The number of nitrogens with zero attached hydrogens (tertiary/aromatic N) is 1. The Morgan fingerprint density at radius 3 is 2.31 bits per heavy atom. The predicted molar refractivity (Wildman–Crippen MR) is 140 cm³/mol. The summed E-state index contributed by atoms with van der Waals surface area (Å²) in [5.41, 5.74) is 4.08. The van der Waals surface area contributed by atoms with Gasteiger partial charge in [0.25, 0.3) is 0 Å². The van der Waals surface area contributed by atoms with Gasteiger partial charge < -0.3 is 30.1 Å². The van der Waals surface area contributed by atoms with E-state index in [1.807, 2.05) is 48.5 Å². The number of aliphatic hydroxyl groups excluding tert-OH is 1. The fourth-order valence-corrected chi connectivity index (χ4v) is 4.75. The largest absolute Gasteiger partial charge is 0.486 e. The Labute approximate surface area is 207 Å². The van der Waals surface area contributed by atoms with Crippen molar-refractivity contribution >= 4 is 5.69 Å². The maximum atomic E-state index is 11.4. The van der Waals surface area contributed by atoms with E-state index in [0.29, 0.717) is 24.8 Å². The van der Waals surface area contributed by atoms with Crippen LogP contribution in [0.3, 0.4) is 0 Å². The molecule has 5 rings (SSSR count). The van der Waals surface area contributed by atoms with Gasteiger partial charge in [-0.3, -0.25) is 0 Å². The second kappa shape index (κ2) is 10.8. The summed E-state index contributed by atoms with van der Waals surface area (Å²) < 4.78 is 11.4. The van der Waals surface area contributed by atoms with Gasteiger partial charge in [0, 0.05) is 12.2 Å². The lowest BCUT2D eigenvalue weighted by molar-refractivity contribution is 0.111. The SMILES string of the molecule is C=C(Nc1ccc(-c2ccccc2)cc1)NC(CN1CCCC1)C(O)c1ccc2c(c1)OCCO2. The third-order valence-electron chi connectivity index (χ3n) is 6.59. The van der Waals surface area contributed by atoms with E-state index in [1.54, 1.807) is 0 Å².